The Hall–Kier alpha value is 0.660. The molecule has 0 heterocycles. The molecule has 0 saturated carbocycles. The molecular weight excluding hydrogens is 214 g/mol. The van der Waals surface area contributed by atoms with Crippen molar-refractivity contribution in [3.63, 3.8) is 0 Å². The second-order valence-electron chi connectivity index (χ2n) is 1.53. The molecule has 0 aromatic carbocycles. The molecule has 3 unspecified atom stereocenters. The molecular formula is C6H22O5P2. The minimum atomic E-state index is -1.60. The van der Waals surface area contributed by atoms with Crippen LogP contribution in [0, 0.1) is 0 Å². The highest BCUT2D eigenvalue weighted by atomic mass is 31.0. The minimum Gasteiger partial charge on any atom is -0.412 e. The van der Waals surface area contributed by atoms with Crippen LogP contribution in [0.25, 0.3) is 0 Å². The van der Waals surface area contributed by atoms with E-state index in [0.29, 0.717) is 0 Å². The van der Waals surface area contributed by atoms with E-state index in [1.54, 1.807) is 6.92 Å². The van der Waals surface area contributed by atoms with Gasteiger partial charge in [0.1, 0.15) is 6.10 Å². The van der Waals surface area contributed by atoms with Gasteiger partial charge in [0.2, 0.25) is 0 Å². The molecule has 7 heteroatoms. The van der Waals surface area contributed by atoms with Gasteiger partial charge in [0, 0.05) is 6.61 Å². The van der Waals surface area contributed by atoms with E-state index < -0.39 is 12.4 Å². The van der Waals surface area contributed by atoms with E-state index in [0.717, 1.165) is 0 Å². The summed E-state index contributed by atoms with van der Waals surface area (Å²) in [5, 5.41) is 32.2. The Morgan fingerprint density at radius 2 is 1.38 bits per heavy atom. The van der Waals surface area contributed by atoms with Gasteiger partial charge < -0.3 is 25.9 Å². The number of hydrogen-bond donors (Lipinski definition) is 4. The molecule has 13 heavy (non-hydrogen) atoms. The summed E-state index contributed by atoms with van der Waals surface area (Å²) in [6, 6.07) is 0. The number of aliphatic hydroxyl groups excluding tert-OH is 3. The molecule has 0 aliphatic rings. The van der Waals surface area contributed by atoms with Crippen molar-refractivity contribution in [3.05, 3.63) is 0 Å². The summed E-state index contributed by atoms with van der Waals surface area (Å²) < 4.78 is 0. The Kier molecular flexibility index (Phi) is 41.4. The number of hydrogen-bond acceptors (Lipinski definition) is 4. The second kappa shape index (κ2) is 23.0. The average Bonchev–Trinajstić information content (AvgIpc) is 2.08. The monoisotopic (exact) mass is 236 g/mol. The Morgan fingerprint density at radius 3 is 1.38 bits per heavy atom. The van der Waals surface area contributed by atoms with Gasteiger partial charge in [-0.2, -0.15) is 0 Å². The first-order valence-corrected chi connectivity index (χ1v) is 5.50. The van der Waals surface area contributed by atoms with Crippen molar-refractivity contribution in [2.75, 3.05) is 19.4 Å². The van der Waals surface area contributed by atoms with Crippen LogP contribution in [0.4, 0.5) is 0 Å². The van der Waals surface area contributed by atoms with E-state index >= 15 is 0 Å². The topological polar surface area (TPSA) is 112 Å². The molecule has 0 amide bonds. The first kappa shape index (κ1) is 23.5. The molecule has 3 atom stereocenters. The fraction of sp³-hybridized carbons (Fsp3) is 1.00. The van der Waals surface area contributed by atoms with Gasteiger partial charge in [-0.15, -0.1) is 18.5 Å². The first-order chi connectivity index (χ1) is 5.59. The summed E-state index contributed by atoms with van der Waals surface area (Å²) in [6.07, 6.45) is -2.33. The van der Waals surface area contributed by atoms with Crippen LogP contribution in [0.2, 0.25) is 0 Å². The zero-order valence-corrected chi connectivity index (χ0v) is 10.3. The number of aliphatic hydroxyl groups is 4. The predicted molar refractivity (Wildman–Crippen MR) is 60.8 cm³/mol. The highest BCUT2D eigenvalue weighted by Crippen LogP contribution is 1.92. The van der Waals surface area contributed by atoms with E-state index in [9.17, 15) is 0 Å². The molecule has 0 aliphatic carbocycles. The van der Waals surface area contributed by atoms with Gasteiger partial charge in [0.25, 0.3) is 0 Å². The Morgan fingerprint density at radius 1 is 1.15 bits per heavy atom. The third-order valence-corrected chi connectivity index (χ3v) is 1.07. The lowest BCUT2D eigenvalue weighted by Crippen LogP contribution is -2.26. The van der Waals surface area contributed by atoms with Crippen LogP contribution in [0.15, 0.2) is 0 Å². The summed E-state index contributed by atoms with van der Waals surface area (Å²) in [4.78, 5) is 0. The van der Waals surface area contributed by atoms with Gasteiger partial charge in [-0.3, -0.25) is 0 Å². The maximum Gasteiger partial charge on any atom is 0.178 e. The fourth-order valence-corrected chi connectivity index (χ4v) is 0.365. The van der Waals surface area contributed by atoms with E-state index in [1.165, 1.54) is 0 Å². The van der Waals surface area contributed by atoms with Gasteiger partial charge in [0.05, 0.1) is 0 Å². The van der Waals surface area contributed by atoms with Crippen molar-refractivity contribution in [2.45, 2.75) is 19.3 Å². The Balaban J connectivity index is -0.0000000581. The Bertz CT molecular complexity index is 65.0. The Labute approximate surface area is 83.9 Å². The minimum absolute atomic E-state index is 0. The fourth-order valence-electron chi connectivity index (χ4n) is 0.122. The summed E-state index contributed by atoms with van der Waals surface area (Å²) in [5.74, 6) is 0. The highest BCUT2D eigenvalue weighted by Gasteiger charge is 2.07. The predicted octanol–water partition coefficient (Wildman–Crippen LogP) is -1.80. The average molecular weight is 236 g/mol. The highest BCUT2D eigenvalue weighted by molar-refractivity contribution is 7.16. The molecule has 6 N–H and O–H groups in total. The zero-order chi connectivity index (χ0) is 10.6. The van der Waals surface area contributed by atoms with Crippen LogP contribution in [0.5, 0.6) is 0 Å². The summed E-state index contributed by atoms with van der Waals surface area (Å²) in [6.45, 7) is 3.85. The van der Waals surface area contributed by atoms with Crippen LogP contribution in [0.1, 0.15) is 6.92 Å². The van der Waals surface area contributed by atoms with Gasteiger partial charge in [-0.05, 0) is 13.1 Å². The van der Waals surface area contributed by atoms with Crippen molar-refractivity contribution >= 4 is 18.5 Å². The second-order valence-corrected chi connectivity index (χ2v) is 2.00. The van der Waals surface area contributed by atoms with Crippen LogP contribution in [-0.4, -0.2) is 57.7 Å². The van der Waals surface area contributed by atoms with Gasteiger partial charge in [-0.25, -0.2) is 0 Å². The maximum atomic E-state index is 8.41. The largest absolute Gasteiger partial charge is 0.412 e. The van der Waals surface area contributed by atoms with E-state index in [4.69, 9.17) is 20.4 Å². The van der Waals surface area contributed by atoms with Crippen molar-refractivity contribution < 1.29 is 25.9 Å². The van der Waals surface area contributed by atoms with E-state index in [-0.39, 0.29) is 18.2 Å². The zero-order valence-electron chi connectivity index (χ0n) is 8.01. The van der Waals surface area contributed by atoms with Gasteiger partial charge >= 0.3 is 0 Å². The molecule has 5 nitrogen and oxygen atoms in total. The smallest absolute Gasteiger partial charge is 0.178 e. The quantitative estimate of drug-likeness (QED) is 0.334. The lowest BCUT2D eigenvalue weighted by molar-refractivity contribution is -0.112. The standard InChI is InChI=1S/C3H9O3P.C2H6O.CH5P.H2O/c4-2(1-7)3(5)6;1-2-3;1-2;/h2-6H,1,7H2;3H,2H2,1H3;2H2,1H3;1H2. The lowest BCUT2D eigenvalue weighted by Gasteiger charge is -2.07. The molecule has 0 saturated heterocycles. The van der Waals surface area contributed by atoms with Crippen molar-refractivity contribution in [2.24, 2.45) is 0 Å². The molecule has 0 aliphatic heterocycles. The van der Waals surface area contributed by atoms with Crippen LogP contribution in [0.3, 0.4) is 0 Å². The molecule has 0 fully saturated rings. The molecule has 0 spiro atoms. The molecule has 0 aromatic rings. The van der Waals surface area contributed by atoms with Gasteiger partial charge in [0.15, 0.2) is 6.29 Å². The molecule has 0 aromatic heterocycles. The molecule has 0 rings (SSSR count). The molecule has 0 bridgehead atoms. The first-order valence-electron chi connectivity index (χ1n) is 3.53. The normalized spacial score (nSPS) is 9.92. The lowest BCUT2D eigenvalue weighted by atomic mass is 10.4. The summed E-state index contributed by atoms with van der Waals surface area (Å²) in [5.41, 5.74) is 0. The summed E-state index contributed by atoms with van der Waals surface area (Å²) in [7, 11) is 4.61. The third kappa shape index (κ3) is 32.4. The van der Waals surface area contributed by atoms with Gasteiger partial charge in [-0.1, -0.05) is 6.66 Å². The SMILES string of the molecule is CCO.CP.O.OC(O)C(O)CP. The third-order valence-electron chi connectivity index (χ3n) is 0.586. The van der Waals surface area contributed by atoms with E-state index in [2.05, 4.69) is 18.5 Å². The van der Waals surface area contributed by atoms with Crippen molar-refractivity contribution in [3.8, 4) is 0 Å². The summed E-state index contributed by atoms with van der Waals surface area (Å²) >= 11 is 0. The maximum absolute atomic E-state index is 8.41. The molecule has 0 radical (unpaired) electrons. The molecule has 86 valence electrons. The van der Waals surface area contributed by atoms with Crippen molar-refractivity contribution in [1.29, 1.82) is 0 Å². The van der Waals surface area contributed by atoms with Crippen LogP contribution in [-0.2, 0) is 0 Å². The van der Waals surface area contributed by atoms with E-state index in [1.807, 2.05) is 6.66 Å². The van der Waals surface area contributed by atoms with Crippen LogP contribution >= 0.6 is 18.5 Å². The number of rotatable bonds is 2. The van der Waals surface area contributed by atoms with Crippen molar-refractivity contribution in [1.82, 2.24) is 0 Å². The van der Waals surface area contributed by atoms with Crippen LogP contribution < -0.4 is 0 Å².